The Balaban J connectivity index is 2.91. The molecule has 0 saturated heterocycles. The van der Waals surface area contributed by atoms with Crippen molar-refractivity contribution < 1.29 is 0 Å². The lowest BCUT2D eigenvalue weighted by Gasteiger charge is -2.24. The maximum atomic E-state index is 5.80. The molecule has 1 rings (SSSR count). The van der Waals surface area contributed by atoms with Crippen molar-refractivity contribution in [3.8, 4) is 0 Å². The Kier molecular flexibility index (Phi) is 7.49. The Hall–Kier alpha value is -1.09. The first kappa shape index (κ1) is 16.0. The highest BCUT2D eigenvalue weighted by molar-refractivity contribution is 5.42. The van der Waals surface area contributed by atoms with Crippen LogP contribution in [0.1, 0.15) is 57.7 Å². The van der Waals surface area contributed by atoms with Crippen molar-refractivity contribution in [1.82, 2.24) is 4.98 Å². The van der Waals surface area contributed by atoms with E-state index in [0.29, 0.717) is 6.54 Å². The van der Waals surface area contributed by atoms with Gasteiger partial charge in [0.25, 0.3) is 0 Å². The van der Waals surface area contributed by atoms with Crippen LogP contribution in [-0.4, -0.2) is 18.1 Å². The molecule has 3 heteroatoms. The molecule has 108 valence electrons. The topological polar surface area (TPSA) is 42.1 Å². The van der Waals surface area contributed by atoms with Gasteiger partial charge in [0.15, 0.2) is 0 Å². The Morgan fingerprint density at radius 3 is 2.16 bits per heavy atom. The van der Waals surface area contributed by atoms with Crippen LogP contribution in [0.3, 0.4) is 0 Å². The molecule has 0 fully saturated rings. The lowest BCUT2D eigenvalue weighted by atomic mass is 10.1. The van der Waals surface area contributed by atoms with E-state index >= 15 is 0 Å². The summed E-state index contributed by atoms with van der Waals surface area (Å²) in [5.74, 6) is 1.11. The summed E-state index contributed by atoms with van der Waals surface area (Å²) in [5, 5.41) is 0. The van der Waals surface area contributed by atoms with Crippen molar-refractivity contribution in [2.45, 2.75) is 59.4 Å². The van der Waals surface area contributed by atoms with E-state index in [0.717, 1.165) is 31.0 Å². The van der Waals surface area contributed by atoms with Gasteiger partial charge in [-0.1, -0.05) is 33.6 Å². The Morgan fingerprint density at radius 2 is 1.68 bits per heavy atom. The van der Waals surface area contributed by atoms with Gasteiger partial charge in [0.1, 0.15) is 5.82 Å². The molecular weight excluding hydrogens is 234 g/mol. The number of aryl methyl sites for hydroxylation is 1. The summed E-state index contributed by atoms with van der Waals surface area (Å²) in [6, 6.07) is 4.28. The van der Waals surface area contributed by atoms with E-state index in [4.69, 9.17) is 10.7 Å². The molecule has 2 N–H and O–H groups in total. The fraction of sp³-hybridized carbons (Fsp3) is 0.688. The second-order valence-corrected chi connectivity index (χ2v) is 5.08. The fourth-order valence-corrected chi connectivity index (χ4v) is 2.13. The first-order chi connectivity index (χ1) is 9.24. The number of hydrogen-bond donors (Lipinski definition) is 1. The third-order valence-corrected chi connectivity index (χ3v) is 3.41. The molecular formula is C16H29N3. The van der Waals surface area contributed by atoms with Crippen LogP contribution in [0.25, 0.3) is 0 Å². The van der Waals surface area contributed by atoms with E-state index in [1.54, 1.807) is 0 Å². The third kappa shape index (κ3) is 5.19. The monoisotopic (exact) mass is 263 g/mol. The summed E-state index contributed by atoms with van der Waals surface area (Å²) in [5.41, 5.74) is 8.14. The van der Waals surface area contributed by atoms with Gasteiger partial charge in [-0.2, -0.15) is 0 Å². The minimum atomic E-state index is 0.595. The van der Waals surface area contributed by atoms with Gasteiger partial charge in [-0.3, -0.25) is 0 Å². The zero-order valence-electron chi connectivity index (χ0n) is 12.8. The zero-order chi connectivity index (χ0) is 14.1. The molecule has 0 saturated carbocycles. The van der Waals surface area contributed by atoms with Crippen LogP contribution >= 0.6 is 0 Å². The second kappa shape index (κ2) is 8.92. The highest BCUT2D eigenvalue weighted by Crippen LogP contribution is 2.17. The predicted molar refractivity (Wildman–Crippen MR) is 83.5 cm³/mol. The van der Waals surface area contributed by atoms with Gasteiger partial charge in [-0.05, 0) is 37.0 Å². The SMILES string of the molecule is CCCCN(CCCC)c1cc(CN)cc(CC)n1. The standard InChI is InChI=1S/C16H29N3/c1-4-7-9-19(10-8-5-2)16-12-14(13-17)11-15(6-3)18-16/h11-12H,4-10,13,17H2,1-3H3. The average Bonchev–Trinajstić information content (AvgIpc) is 2.46. The molecule has 0 amide bonds. The number of pyridine rings is 1. The van der Waals surface area contributed by atoms with Gasteiger partial charge in [-0.15, -0.1) is 0 Å². The first-order valence-corrected chi connectivity index (χ1v) is 7.69. The summed E-state index contributed by atoms with van der Waals surface area (Å²) >= 11 is 0. The summed E-state index contributed by atoms with van der Waals surface area (Å²) in [6.45, 7) is 9.41. The number of hydrogen-bond acceptors (Lipinski definition) is 3. The Labute approximate surface area is 118 Å². The summed E-state index contributed by atoms with van der Waals surface area (Å²) in [6.07, 6.45) is 5.86. The third-order valence-electron chi connectivity index (χ3n) is 3.41. The number of nitrogens with zero attached hydrogens (tertiary/aromatic N) is 2. The van der Waals surface area contributed by atoms with E-state index < -0.39 is 0 Å². The summed E-state index contributed by atoms with van der Waals surface area (Å²) in [7, 11) is 0. The van der Waals surface area contributed by atoms with Crippen LogP contribution in [0.4, 0.5) is 5.82 Å². The van der Waals surface area contributed by atoms with Crippen molar-refractivity contribution in [2.24, 2.45) is 5.73 Å². The Bertz CT molecular complexity index is 333. The Morgan fingerprint density at radius 1 is 1.05 bits per heavy atom. The molecule has 0 aliphatic carbocycles. The molecule has 0 radical (unpaired) electrons. The molecule has 19 heavy (non-hydrogen) atoms. The van der Waals surface area contributed by atoms with Gasteiger partial charge in [0.2, 0.25) is 0 Å². The van der Waals surface area contributed by atoms with Crippen molar-refractivity contribution >= 4 is 5.82 Å². The second-order valence-electron chi connectivity index (χ2n) is 5.08. The smallest absolute Gasteiger partial charge is 0.129 e. The number of anilines is 1. The van der Waals surface area contributed by atoms with Crippen molar-refractivity contribution in [3.05, 3.63) is 23.4 Å². The van der Waals surface area contributed by atoms with Crippen molar-refractivity contribution in [3.63, 3.8) is 0 Å². The number of aromatic nitrogens is 1. The van der Waals surface area contributed by atoms with Crippen LogP contribution in [0.5, 0.6) is 0 Å². The van der Waals surface area contributed by atoms with E-state index in [1.165, 1.54) is 31.2 Å². The lowest BCUT2D eigenvalue weighted by molar-refractivity contribution is 0.669. The van der Waals surface area contributed by atoms with Crippen molar-refractivity contribution in [1.29, 1.82) is 0 Å². The normalized spacial score (nSPS) is 10.7. The van der Waals surface area contributed by atoms with Gasteiger partial charge >= 0.3 is 0 Å². The van der Waals surface area contributed by atoms with Gasteiger partial charge in [0.05, 0.1) is 0 Å². The zero-order valence-corrected chi connectivity index (χ0v) is 12.8. The highest BCUT2D eigenvalue weighted by atomic mass is 15.2. The number of unbranched alkanes of at least 4 members (excludes halogenated alkanes) is 2. The predicted octanol–water partition coefficient (Wildman–Crippen LogP) is 3.51. The van der Waals surface area contributed by atoms with E-state index in [9.17, 15) is 0 Å². The summed E-state index contributed by atoms with van der Waals surface area (Å²) in [4.78, 5) is 7.20. The molecule has 0 bridgehead atoms. The molecule has 1 aromatic rings. The van der Waals surface area contributed by atoms with Crippen LogP contribution in [0, 0.1) is 0 Å². The first-order valence-electron chi connectivity index (χ1n) is 7.69. The molecule has 0 spiro atoms. The fourth-order valence-electron chi connectivity index (χ4n) is 2.13. The minimum Gasteiger partial charge on any atom is -0.357 e. The maximum absolute atomic E-state index is 5.80. The van der Waals surface area contributed by atoms with Crippen LogP contribution < -0.4 is 10.6 Å². The molecule has 0 aliphatic rings. The van der Waals surface area contributed by atoms with Crippen LogP contribution in [0.15, 0.2) is 12.1 Å². The van der Waals surface area contributed by atoms with E-state index in [1.807, 2.05) is 0 Å². The molecule has 0 aliphatic heterocycles. The highest BCUT2D eigenvalue weighted by Gasteiger charge is 2.09. The quantitative estimate of drug-likeness (QED) is 0.741. The van der Waals surface area contributed by atoms with Gasteiger partial charge in [0, 0.05) is 25.3 Å². The largest absolute Gasteiger partial charge is 0.357 e. The summed E-state index contributed by atoms with van der Waals surface area (Å²) < 4.78 is 0. The van der Waals surface area contributed by atoms with Crippen LogP contribution in [-0.2, 0) is 13.0 Å². The van der Waals surface area contributed by atoms with E-state index in [-0.39, 0.29) is 0 Å². The molecule has 0 unspecified atom stereocenters. The number of rotatable bonds is 9. The molecule has 1 heterocycles. The molecule has 1 aromatic heterocycles. The maximum Gasteiger partial charge on any atom is 0.129 e. The minimum absolute atomic E-state index is 0.595. The lowest BCUT2D eigenvalue weighted by Crippen LogP contribution is -2.27. The molecule has 0 aromatic carbocycles. The van der Waals surface area contributed by atoms with Crippen molar-refractivity contribution in [2.75, 3.05) is 18.0 Å². The van der Waals surface area contributed by atoms with Gasteiger partial charge < -0.3 is 10.6 Å². The van der Waals surface area contributed by atoms with Crippen LogP contribution in [0.2, 0.25) is 0 Å². The number of nitrogens with two attached hydrogens (primary N) is 1. The molecule has 0 atom stereocenters. The molecule has 3 nitrogen and oxygen atoms in total. The van der Waals surface area contributed by atoms with Gasteiger partial charge in [-0.25, -0.2) is 4.98 Å². The average molecular weight is 263 g/mol. The van der Waals surface area contributed by atoms with E-state index in [2.05, 4.69) is 37.8 Å².